The van der Waals surface area contributed by atoms with E-state index in [1.807, 2.05) is 24.3 Å². The highest BCUT2D eigenvalue weighted by atomic mass is 16.5. The average molecular weight is 236 g/mol. The number of nitrogens with zero attached hydrogens (tertiary/aromatic N) is 1. The standard InChI is InChI=1S/C12H16N2O3/c1-17-11-4-2-3-8(7-11)9-5-10(6-9)14(16)12(13)15/h2-4,7,9-10,16H,5-6H2,1H3,(H2,13,15). The Hall–Kier alpha value is -1.75. The second-order valence-corrected chi connectivity index (χ2v) is 4.28. The van der Waals surface area contributed by atoms with E-state index in [0.29, 0.717) is 11.0 Å². The normalized spacial score (nSPS) is 22.7. The number of carbonyl (C=O) groups excluding carboxylic acids is 1. The summed E-state index contributed by atoms with van der Waals surface area (Å²) in [6.07, 6.45) is 1.46. The molecule has 0 heterocycles. The Balaban J connectivity index is 1.97. The first-order valence-corrected chi connectivity index (χ1v) is 5.53. The van der Waals surface area contributed by atoms with Crippen LogP contribution in [0.15, 0.2) is 24.3 Å². The summed E-state index contributed by atoms with van der Waals surface area (Å²) in [6, 6.07) is 6.87. The lowest BCUT2D eigenvalue weighted by atomic mass is 9.75. The van der Waals surface area contributed by atoms with Crippen LogP contribution in [0.1, 0.15) is 24.3 Å². The molecule has 1 saturated carbocycles. The zero-order chi connectivity index (χ0) is 12.4. The fraction of sp³-hybridized carbons (Fsp3) is 0.417. The summed E-state index contributed by atoms with van der Waals surface area (Å²) in [7, 11) is 1.63. The van der Waals surface area contributed by atoms with Gasteiger partial charge < -0.3 is 10.5 Å². The number of ether oxygens (including phenoxy) is 1. The molecule has 0 aromatic heterocycles. The SMILES string of the molecule is COc1cccc(C2CC(N(O)C(N)=O)C2)c1. The fourth-order valence-electron chi connectivity index (χ4n) is 2.14. The lowest BCUT2D eigenvalue weighted by Crippen LogP contribution is -2.47. The van der Waals surface area contributed by atoms with E-state index in [0.717, 1.165) is 18.6 Å². The molecule has 1 aromatic carbocycles. The van der Waals surface area contributed by atoms with E-state index in [1.54, 1.807) is 7.11 Å². The number of amides is 2. The van der Waals surface area contributed by atoms with Gasteiger partial charge in [0, 0.05) is 0 Å². The van der Waals surface area contributed by atoms with E-state index < -0.39 is 6.03 Å². The lowest BCUT2D eigenvalue weighted by Gasteiger charge is -2.39. The third-order valence-electron chi connectivity index (χ3n) is 3.25. The van der Waals surface area contributed by atoms with Crippen LogP contribution in [0.4, 0.5) is 4.79 Å². The van der Waals surface area contributed by atoms with E-state index in [-0.39, 0.29) is 6.04 Å². The van der Waals surface area contributed by atoms with Gasteiger partial charge in [-0.3, -0.25) is 5.21 Å². The van der Waals surface area contributed by atoms with Crippen LogP contribution in [0.5, 0.6) is 5.75 Å². The van der Waals surface area contributed by atoms with E-state index in [9.17, 15) is 10.0 Å². The minimum absolute atomic E-state index is 0.163. The number of urea groups is 1. The highest BCUT2D eigenvalue weighted by Crippen LogP contribution is 2.40. The van der Waals surface area contributed by atoms with Crippen LogP contribution in [-0.2, 0) is 0 Å². The van der Waals surface area contributed by atoms with E-state index in [4.69, 9.17) is 10.5 Å². The van der Waals surface area contributed by atoms with Crippen LogP contribution < -0.4 is 10.5 Å². The molecule has 2 amide bonds. The number of primary amides is 1. The molecule has 0 spiro atoms. The van der Waals surface area contributed by atoms with E-state index in [1.165, 1.54) is 5.56 Å². The van der Waals surface area contributed by atoms with Gasteiger partial charge in [-0.15, -0.1) is 0 Å². The van der Waals surface area contributed by atoms with Crippen molar-refractivity contribution in [3.8, 4) is 5.75 Å². The van der Waals surface area contributed by atoms with Gasteiger partial charge in [-0.25, -0.2) is 9.86 Å². The molecule has 0 aliphatic heterocycles. The summed E-state index contributed by atoms with van der Waals surface area (Å²) < 4.78 is 5.15. The number of rotatable bonds is 3. The van der Waals surface area contributed by atoms with Crippen molar-refractivity contribution in [2.24, 2.45) is 5.73 Å². The largest absolute Gasteiger partial charge is 0.497 e. The molecule has 2 rings (SSSR count). The van der Waals surface area contributed by atoms with Crippen LogP contribution in [0, 0.1) is 0 Å². The maximum Gasteiger partial charge on any atom is 0.338 e. The average Bonchev–Trinajstić information content (AvgIpc) is 2.27. The van der Waals surface area contributed by atoms with Gasteiger partial charge in [-0.05, 0) is 36.5 Å². The topological polar surface area (TPSA) is 75.8 Å². The van der Waals surface area contributed by atoms with Gasteiger partial charge in [0.15, 0.2) is 0 Å². The molecule has 0 bridgehead atoms. The molecule has 0 saturated heterocycles. The first kappa shape index (κ1) is 11.7. The zero-order valence-electron chi connectivity index (χ0n) is 9.67. The predicted molar refractivity (Wildman–Crippen MR) is 62.0 cm³/mol. The number of carbonyl (C=O) groups is 1. The van der Waals surface area contributed by atoms with Crippen molar-refractivity contribution in [1.82, 2.24) is 5.06 Å². The summed E-state index contributed by atoms with van der Waals surface area (Å²) in [5.74, 6) is 1.17. The third-order valence-corrected chi connectivity index (χ3v) is 3.25. The molecule has 0 radical (unpaired) electrons. The van der Waals surface area contributed by atoms with Gasteiger partial charge in [-0.2, -0.15) is 0 Å². The third kappa shape index (κ3) is 2.34. The summed E-state index contributed by atoms with van der Waals surface area (Å²) >= 11 is 0. The molecular weight excluding hydrogens is 220 g/mol. The minimum atomic E-state index is -0.793. The van der Waals surface area contributed by atoms with Crippen molar-refractivity contribution in [2.45, 2.75) is 24.8 Å². The molecule has 1 aliphatic rings. The van der Waals surface area contributed by atoms with Gasteiger partial charge in [-0.1, -0.05) is 12.1 Å². The maximum absolute atomic E-state index is 10.8. The van der Waals surface area contributed by atoms with Gasteiger partial charge in [0.25, 0.3) is 0 Å². The first-order chi connectivity index (χ1) is 8.11. The highest BCUT2D eigenvalue weighted by Gasteiger charge is 2.35. The van der Waals surface area contributed by atoms with Crippen molar-refractivity contribution in [3.63, 3.8) is 0 Å². The Morgan fingerprint density at radius 2 is 2.24 bits per heavy atom. The predicted octanol–water partition coefficient (Wildman–Crippen LogP) is 1.71. The van der Waals surface area contributed by atoms with E-state index in [2.05, 4.69) is 0 Å². The van der Waals surface area contributed by atoms with Crippen LogP contribution in [0.25, 0.3) is 0 Å². The number of methoxy groups -OCH3 is 1. The van der Waals surface area contributed by atoms with Crippen molar-refractivity contribution in [3.05, 3.63) is 29.8 Å². The maximum atomic E-state index is 10.8. The Morgan fingerprint density at radius 1 is 1.53 bits per heavy atom. The molecule has 1 fully saturated rings. The quantitative estimate of drug-likeness (QED) is 0.619. The van der Waals surface area contributed by atoms with Crippen molar-refractivity contribution in [2.75, 3.05) is 7.11 Å². The van der Waals surface area contributed by atoms with Crippen LogP contribution in [-0.4, -0.2) is 29.5 Å². The van der Waals surface area contributed by atoms with Crippen LogP contribution in [0.3, 0.4) is 0 Å². The molecule has 1 aromatic rings. The second kappa shape index (κ2) is 4.63. The van der Waals surface area contributed by atoms with Gasteiger partial charge >= 0.3 is 6.03 Å². The summed E-state index contributed by atoms with van der Waals surface area (Å²) in [4.78, 5) is 10.8. The second-order valence-electron chi connectivity index (χ2n) is 4.28. The summed E-state index contributed by atoms with van der Waals surface area (Å²) in [5.41, 5.74) is 6.16. The fourth-order valence-corrected chi connectivity index (χ4v) is 2.14. The minimum Gasteiger partial charge on any atom is -0.497 e. The zero-order valence-corrected chi connectivity index (χ0v) is 9.67. The van der Waals surface area contributed by atoms with Crippen molar-refractivity contribution >= 4 is 6.03 Å². The molecule has 17 heavy (non-hydrogen) atoms. The highest BCUT2D eigenvalue weighted by molar-refractivity contribution is 5.71. The molecule has 0 atom stereocenters. The van der Waals surface area contributed by atoms with Crippen LogP contribution >= 0.6 is 0 Å². The first-order valence-electron chi connectivity index (χ1n) is 5.53. The van der Waals surface area contributed by atoms with Crippen molar-refractivity contribution < 1.29 is 14.7 Å². The van der Waals surface area contributed by atoms with Gasteiger partial charge in [0.1, 0.15) is 5.75 Å². The molecular formula is C12H16N2O3. The van der Waals surface area contributed by atoms with Crippen LogP contribution in [0.2, 0.25) is 0 Å². The van der Waals surface area contributed by atoms with Crippen molar-refractivity contribution in [1.29, 1.82) is 0 Å². The molecule has 3 N–H and O–H groups in total. The number of nitrogens with two attached hydrogens (primary N) is 1. The number of hydrogen-bond acceptors (Lipinski definition) is 3. The molecule has 1 aliphatic carbocycles. The Labute approximate surface area is 99.7 Å². The monoisotopic (exact) mass is 236 g/mol. The molecule has 5 nitrogen and oxygen atoms in total. The van der Waals surface area contributed by atoms with Gasteiger partial charge in [0.05, 0.1) is 13.2 Å². The molecule has 92 valence electrons. The number of hydrogen-bond donors (Lipinski definition) is 2. The Morgan fingerprint density at radius 3 is 2.82 bits per heavy atom. The van der Waals surface area contributed by atoms with E-state index >= 15 is 0 Å². The lowest BCUT2D eigenvalue weighted by molar-refractivity contribution is -0.102. The van der Waals surface area contributed by atoms with Gasteiger partial charge in [0.2, 0.25) is 0 Å². The number of hydroxylamine groups is 2. The molecule has 5 heteroatoms. The Bertz CT molecular complexity index is 416. The Kier molecular flexibility index (Phi) is 3.19. The summed E-state index contributed by atoms with van der Waals surface area (Å²) in [6.45, 7) is 0. The number of benzene rings is 1. The molecule has 0 unspecified atom stereocenters. The smallest absolute Gasteiger partial charge is 0.338 e. The summed E-state index contributed by atoms with van der Waals surface area (Å²) in [5, 5.41) is 9.97.